The SMILES string of the molecule is Cc1ccc(C(F)(F)F)cc1NC(C)CC(N)=NO. The highest BCUT2D eigenvalue weighted by atomic mass is 19.4. The predicted molar refractivity (Wildman–Crippen MR) is 67.3 cm³/mol. The van der Waals surface area contributed by atoms with Gasteiger partial charge in [-0.05, 0) is 31.5 Å². The number of nitrogens with two attached hydrogens (primary N) is 1. The number of benzene rings is 1. The average Bonchev–Trinajstić information content (AvgIpc) is 2.30. The van der Waals surface area contributed by atoms with Crippen molar-refractivity contribution in [2.24, 2.45) is 10.9 Å². The van der Waals surface area contributed by atoms with E-state index in [1.165, 1.54) is 6.07 Å². The molecule has 0 fully saturated rings. The number of hydrogen-bond acceptors (Lipinski definition) is 3. The number of anilines is 1. The third-order valence-corrected chi connectivity index (χ3v) is 2.61. The van der Waals surface area contributed by atoms with E-state index in [9.17, 15) is 13.2 Å². The molecule has 19 heavy (non-hydrogen) atoms. The normalized spacial score (nSPS) is 14.3. The molecule has 0 aliphatic carbocycles. The number of amidine groups is 1. The van der Waals surface area contributed by atoms with Crippen molar-refractivity contribution < 1.29 is 18.4 Å². The molecule has 0 radical (unpaired) electrons. The van der Waals surface area contributed by atoms with Crippen LogP contribution in [0.25, 0.3) is 0 Å². The maximum atomic E-state index is 12.6. The van der Waals surface area contributed by atoms with Gasteiger partial charge in [-0.2, -0.15) is 13.2 Å². The summed E-state index contributed by atoms with van der Waals surface area (Å²) in [6, 6.07) is 3.24. The second-order valence-electron chi connectivity index (χ2n) is 4.37. The number of halogens is 3. The van der Waals surface area contributed by atoms with Crippen LogP contribution in [-0.2, 0) is 6.18 Å². The number of aryl methyl sites for hydroxylation is 1. The van der Waals surface area contributed by atoms with E-state index in [4.69, 9.17) is 10.9 Å². The second-order valence-corrected chi connectivity index (χ2v) is 4.37. The Morgan fingerprint density at radius 3 is 2.63 bits per heavy atom. The van der Waals surface area contributed by atoms with Crippen LogP contribution >= 0.6 is 0 Å². The molecule has 0 heterocycles. The van der Waals surface area contributed by atoms with Crippen LogP contribution in [-0.4, -0.2) is 17.1 Å². The minimum Gasteiger partial charge on any atom is -0.409 e. The molecule has 0 bridgehead atoms. The van der Waals surface area contributed by atoms with E-state index < -0.39 is 11.7 Å². The van der Waals surface area contributed by atoms with Crippen molar-refractivity contribution in [2.75, 3.05) is 5.32 Å². The quantitative estimate of drug-likeness (QED) is 0.342. The van der Waals surface area contributed by atoms with Crippen molar-refractivity contribution in [1.82, 2.24) is 0 Å². The van der Waals surface area contributed by atoms with E-state index in [1.807, 2.05) is 0 Å². The van der Waals surface area contributed by atoms with E-state index in [1.54, 1.807) is 13.8 Å². The number of nitrogens with zero attached hydrogens (tertiary/aromatic N) is 1. The molecular weight excluding hydrogens is 259 g/mol. The van der Waals surface area contributed by atoms with Crippen molar-refractivity contribution >= 4 is 11.5 Å². The fraction of sp³-hybridized carbons (Fsp3) is 0.417. The van der Waals surface area contributed by atoms with Crippen LogP contribution < -0.4 is 11.1 Å². The highest BCUT2D eigenvalue weighted by Gasteiger charge is 2.30. The molecule has 0 spiro atoms. The van der Waals surface area contributed by atoms with Gasteiger partial charge in [-0.1, -0.05) is 11.2 Å². The molecule has 0 saturated carbocycles. The van der Waals surface area contributed by atoms with Gasteiger partial charge in [0.05, 0.1) is 5.56 Å². The molecule has 1 atom stereocenters. The van der Waals surface area contributed by atoms with Gasteiger partial charge in [0.1, 0.15) is 5.84 Å². The maximum absolute atomic E-state index is 12.6. The predicted octanol–water partition coefficient (Wildman–Crippen LogP) is 2.95. The summed E-state index contributed by atoms with van der Waals surface area (Å²) in [6.07, 6.45) is -4.15. The van der Waals surface area contributed by atoms with Crippen molar-refractivity contribution in [3.05, 3.63) is 29.3 Å². The van der Waals surface area contributed by atoms with Gasteiger partial charge >= 0.3 is 6.18 Å². The lowest BCUT2D eigenvalue weighted by Gasteiger charge is -2.18. The van der Waals surface area contributed by atoms with Crippen LogP contribution in [0.3, 0.4) is 0 Å². The van der Waals surface area contributed by atoms with E-state index in [-0.39, 0.29) is 18.3 Å². The molecule has 0 saturated heterocycles. The van der Waals surface area contributed by atoms with E-state index >= 15 is 0 Å². The zero-order valence-electron chi connectivity index (χ0n) is 10.6. The maximum Gasteiger partial charge on any atom is 0.416 e. The number of oxime groups is 1. The van der Waals surface area contributed by atoms with Crippen molar-refractivity contribution in [1.29, 1.82) is 0 Å². The van der Waals surface area contributed by atoms with Crippen LogP contribution in [0.4, 0.5) is 18.9 Å². The van der Waals surface area contributed by atoms with E-state index in [0.29, 0.717) is 11.3 Å². The molecule has 4 nitrogen and oxygen atoms in total. The third-order valence-electron chi connectivity index (χ3n) is 2.61. The Bertz CT molecular complexity index is 472. The summed E-state index contributed by atoms with van der Waals surface area (Å²) in [4.78, 5) is 0. The lowest BCUT2D eigenvalue weighted by atomic mass is 10.1. The average molecular weight is 275 g/mol. The molecule has 1 aromatic carbocycles. The van der Waals surface area contributed by atoms with Gasteiger partial charge in [0.25, 0.3) is 0 Å². The molecule has 1 rings (SSSR count). The summed E-state index contributed by atoms with van der Waals surface area (Å²) in [5.41, 5.74) is 5.71. The van der Waals surface area contributed by atoms with E-state index in [0.717, 1.165) is 12.1 Å². The Kier molecular flexibility index (Phi) is 4.63. The van der Waals surface area contributed by atoms with Gasteiger partial charge in [-0.25, -0.2) is 0 Å². The lowest BCUT2D eigenvalue weighted by molar-refractivity contribution is -0.137. The fourth-order valence-electron chi connectivity index (χ4n) is 1.62. The summed E-state index contributed by atoms with van der Waals surface area (Å²) in [6.45, 7) is 3.44. The first-order valence-electron chi connectivity index (χ1n) is 5.65. The lowest BCUT2D eigenvalue weighted by Crippen LogP contribution is -2.24. The summed E-state index contributed by atoms with van der Waals surface area (Å²) in [5, 5.41) is 14.2. The van der Waals surface area contributed by atoms with Gasteiger partial charge in [0.2, 0.25) is 0 Å². The number of nitrogens with one attached hydrogen (secondary N) is 1. The monoisotopic (exact) mass is 275 g/mol. The van der Waals surface area contributed by atoms with Crippen molar-refractivity contribution in [3.63, 3.8) is 0 Å². The minimum atomic E-state index is -4.38. The zero-order valence-corrected chi connectivity index (χ0v) is 10.6. The molecule has 106 valence electrons. The first-order valence-corrected chi connectivity index (χ1v) is 5.65. The number of rotatable bonds is 4. The van der Waals surface area contributed by atoms with Crippen molar-refractivity contribution in [2.45, 2.75) is 32.5 Å². The largest absolute Gasteiger partial charge is 0.416 e. The summed E-state index contributed by atoms with van der Waals surface area (Å²) >= 11 is 0. The van der Waals surface area contributed by atoms with E-state index in [2.05, 4.69) is 10.5 Å². The van der Waals surface area contributed by atoms with Gasteiger partial charge in [-0.3, -0.25) is 0 Å². The van der Waals surface area contributed by atoms with Gasteiger partial charge < -0.3 is 16.3 Å². The molecular formula is C12H16F3N3O. The first-order chi connectivity index (χ1) is 8.74. The summed E-state index contributed by atoms with van der Waals surface area (Å²) < 4.78 is 37.8. The van der Waals surface area contributed by atoms with Gasteiger partial charge in [0.15, 0.2) is 0 Å². The number of hydrogen-bond donors (Lipinski definition) is 3. The van der Waals surface area contributed by atoms with Crippen molar-refractivity contribution in [3.8, 4) is 0 Å². The standard InChI is InChI=1S/C12H16F3N3O/c1-7-3-4-9(12(13,14)15)6-10(7)17-8(2)5-11(16)18-19/h3-4,6,8,17,19H,5H2,1-2H3,(H2,16,18). The molecule has 0 aliphatic rings. The van der Waals surface area contributed by atoms with Crippen LogP contribution in [0.5, 0.6) is 0 Å². The first kappa shape index (κ1) is 15.1. The zero-order chi connectivity index (χ0) is 14.6. The second kappa shape index (κ2) is 5.81. The topological polar surface area (TPSA) is 70.6 Å². The third kappa shape index (κ3) is 4.35. The Morgan fingerprint density at radius 1 is 1.47 bits per heavy atom. The highest BCUT2D eigenvalue weighted by molar-refractivity contribution is 5.80. The highest BCUT2D eigenvalue weighted by Crippen LogP contribution is 2.32. The fourth-order valence-corrected chi connectivity index (χ4v) is 1.62. The van der Waals surface area contributed by atoms with Crippen LogP contribution in [0.1, 0.15) is 24.5 Å². The van der Waals surface area contributed by atoms with Crippen LogP contribution in [0.2, 0.25) is 0 Å². The summed E-state index contributed by atoms with van der Waals surface area (Å²) in [7, 11) is 0. The minimum absolute atomic E-state index is 0.0182. The van der Waals surface area contributed by atoms with Crippen LogP contribution in [0.15, 0.2) is 23.4 Å². The van der Waals surface area contributed by atoms with Gasteiger partial charge in [-0.15, -0.1) is 0 Å². The molecule has 1 aromatic rings. The Hall–Kier alpha value is -1.92. The molecule has 1 unspecified atom stereocenters. The van der Waals surface area contributed by atoms with Gasteiger partial charge in [0, 0.05) is 18.2 Å². The smallest absolute Gasteiger partial charge is 0.409 e. The summed E-state index contributed by atoms with van der Waals surface area (Å²) in [5.74, 6) is 0.0182. The Morgan fingerprint density at radius 2 is 2.11 bits per heavy atom. The molecule has 0 amide bonds. The van der Waals surface area contributed by atoms with Crippen LogP contribution in [0, 0.1) is 6.92 Å². The molecule has 4 N–H and O–H groups in total. The Labute approximate surface area is 109 Å². The molecule has 0 aromatic heterocycles. The number of alkyl halides is 3. The molecule has 0 aliphatic heterocycles. The molecule has 7 heteroatoms. The Balaban J connectivity index is 2.88.